The maximum absolute atomic E-state index is 9.74. The Morgan fingerprint density at radius 1 is 1.17 bits per heavy atom. The molecular formula is C16H16O2. The molecule has 2 aromatic carbocycles. The molecule has 0 aliphatic carbocycles. The van der Waals surface area contributed by atoms with Gasteiger partial charge >= 0.3 is 0 Å². The summed E-state index contributed by atoms with van der Waals surface area (Å²) >= 11 is 0. The summed E-state index contributed by atoms with van der Waals surface area (Å²) in [5.74, 6) is 1.13. The van der Waals surface area contributed by atoms with Gasteiger partial charge in [0, 0.05) is 0 Å². The van der Waals surface area contributed by atoms with Gasteiger partial charge in [-0.25, -0.2) is 0 Å². The molecule has 0 unspecified atom stereocenters. The van der Waals surface area contributed by atoms with Crippen molar-refractivity contribution in [1.29, 1.82) is 0 Å². The summed E-state index contributed by atoms with van der Waals surface area (Å²) in [6.45, 7) is 3.70. The second kappa shape index (κ2) is 5.41. The third kappa shape index (κ3) is 2.54. The predicted molar refractivity (Wildman–Crippen MR) is 74.0 cm³/mol. The molecule has 0 fully saturated rings. The molecule has 1 N–H and O–H groups in total. The van der Waals surface area contributed by atoms with Crippen LogP contribution in [0.15, 0.2) is 55.1 Å². The number of ether oxygens (including phenoxy) is 1. The van der Waals surface area contributed by atoms with Crippen molar-refractivity contribution in [3.8, 4) is 22.6 Å². The standard InChI is InChI=1S/C16H16O2/c1-3-5-14-10-13(8-9-16(14)17)12-6-4-7-15(11-12)18-2/h3-4,6-11,17H,1,5H2,2H3. The largest absolute Gasteiger partial charge is 0.508 e. The number of allylic oxidation sites excluding steroid dienone is 1. The molecule has 0 saturated heterocycles. The van der Waals surface area contributed by atoms with Crippen LogP contribution < -0.4 is 4.74 Å². The van der Waals surface area contributed by atoms with Gasteiger partial charge in [0.15, 0.2) is 0 Å². The zero-order valence-corrected chi connectivity index (χ0v) is 10.4. The fourth-order valence-electron chi connectivity index (χ4n) is 1.89. The third-order valence-corrected chi connectivity index (χ3v) is 2.85. The van der Waals surface area contributed by atoms with Crippen LogP contribution in [0, 0.1) is 0 Å². The van der Waals surface area contributed by atoms with E-state index in [9.17, 15) is 5.11 Å². The van der Waals surface area contributed by atoms with Crippen LogP contribution in [0.3, 0.4) is 0 Å². The molecule has 0 heterocycles. The molecule has 2 nitrogen and oxygen atoms in total. The molecule has 18 heavy (non-hydrogen) atoms. The molecule has 0 amide bonds. The maximum atomic E-state index is 9.74. The zero-order valence-electron chi connectivity index (χ0n) is 10.4. The number of benzene rings is 2. The van der Waals surface area contributed by atoms with Gasteiger partial charge in [0.25, 0.3) is 0 Å². The van der Waals surface area contributed by atoms with Gasteiger partial charge in [0.1, 0.15) is 11.5 Å². The van der Waals surface area contributed by atoms with Gasteiger partial charge in [-0.2, -0.15) is 0 Å². The molecule has 0 aliphatic rings. The van der Waals surface area contributed by atoms with Crippen LogP contribution >= 0.6 is 0 Å². The van der Waals surface area contributed by atoms with E-state index in [-0.39, 0.29) is 0 Å². The van der Waals surface area contributed by atoms with Crippen molar-refractivity contribution >= 4 is 0 Å². The van der Waals surface area contributed by atoms with E-state index in [1.165, 1.54) is 0 Å². The van der Waals surface area contributed by atoms with Crippen LogP contribution in [-0.2, 0) is 6.42 Å². The molecule has 0 radical (unpaired) electrons. The van der Waals surface area contributed by atoms with E-state index < -0.39 is 0 Å². The number of aromatic hydroxyl groups is 1. The van der Waals surface area contributed by atoms with Crippen molar-refractivity contribution in [2.75, 3.05) is 7.11 Å². The number of methoxy groups -OCH3 is 1. The second-order valence-electron chi connectivity index (χ2n) is 4.07. The van der Waals surface area contributed by atoms with Gasteiger partial charge < -0.3 is 9.84 Å². The molecule has 0 spiro atoms. The molecular weight excluding hydrogens is 224 g/mol. The molecule has 0 atom stereocenters. The van der Waals surface area contributed by atoms with E-state index in [4.69, 9.17) is 4.74 Å². The average Bonchev–Trinajstić information content (AvgIpc) is 2.41. The van der Waals surface area contributed by atoms with Gasteiger partial charge in [-0.3, -0.25) is 0 Å². The lowest BCUT2D eigenvalue weighted by Crippen LogP contribution is -1.87. The third-order valence-electron chi connectivity index (χ3n) is 2.85. The fourth-order valence-corrected chi connectivity index (χ4v) is 1.89. The summed E-state index contributed by atoms with van der Waals surface area (Å²) in [7, 11) is 1.65. The van der Waals surface area contributed by atoms with Crippen molar-refractivity contribution in [3.63, 3.8) is 0 Å². The van der Waals surface area contributed by atoms with Crippen LogP contribution in [0.5, 0.6) is 11.5 Å². The molecule has 0 aromatic heterocycles. The minimum Gasteiger partial charge on any atom is -0.508 e. The van der Waals surface area contributed by atoms with E-state index in [1.54, 1.807) is 19.3 Å². The highest BCUT2D eigenvalue weighted by atomic mass is 16.5. The Balaban J connectivity index is 2.43. The van der Waals surface area contributed by atoms with Crippen molar-refractivity contribution in [3.05, 3.63) is 60.7 Å². The van der Waals surface area contributed by atoms with Gasteiger partial charge in [0.05, 0.1) is 7.11 Å². The molecule has 0 saturated carbocycles. The SMILES string of the molecule is C=CCc1cc(-c2cccc(OC)c2)ccc1O. The highest BCUT2D eigenvalue weighted by molar-refractivity contribution is 5.67. The molecule has 2 heteroatoms. The van der Waals surface area contributed by atoms with Crippen molar-refractivity contribution in [2.24, 2.45) is 0 Å². The van der Waals surface area contributed by atoms with Crippen LogP contribution in [0.2, 0.25) is 0 Å². The minimum absolute atomic E-state index is 0.307. The summed E-state index contributed by atoms with van der Waals surface area (Å²) in [4.78, 5) is 0. The molecule has 92 valence electrons. The van der Waals surface area contributed by atoms with Gasteiger partial charge in [-0.1, -0.05) is 24.3 Å². The molecule has 2 aromatic rings. The van der Waals surface area contributed by atoms with Crippen LogP contribution in [0.1, 0.15) is 5.56 Å². The summed E-state index contributed by atoms with van der Waals surface area (Å²) in [6.07, 6.45) is 2.44. The first-order valence-corrected chi connectivity index (χ1v) is 5.82. The number of phenolic OH excluding ortho intramolecular Hbond substituents is 1. The Labute approximate surface area is 107 Å². The van der Waals surface area contributed by atoms with Crippen molar-refractivity contribution in [2.45, 2.75) is 6.42 Å². The number of rotatable bonds is 4. The predicted octanol–water partition coefficient (Wildman–Crippen LogP) is 3.80. The number of phenols is 1. The Kier molecular flexibility index (Phi) is 3.68. The van der Waals surface area contributed by atoms with Crippen LogP contribution in [0.4, 0.5) is 0 Å². The van der Waals surface area contributed by atoms with Crippen LogP contribution in [0.25, 0.3) is 11.1 Å². The zero-order chi connectivity index (χ0) is 13.0. The summed E-state index contributed by atoms with van der Waals surface area (Å²) in [6, 6.07) is 13.5. The fraction of sp³-hybridized carbons (Fsp3) is 0.125. The lowest BCUT2D eigenvalue weighted by atomic mass is 10.0. The van der Waals surface area contributed by atoms with Gasteiger partial charge in [-0.15, -0.1) is 6.58 Å². The minimum atomic E-state index is 0.307. The quantitative estimate of drug-likeness (QED) is 0.824. The lowest BCUT2D eigenvalue weighted by molar-refractivity contribution is 0.415. The molecule has 0 aliphatic heterocycles. The average molecular weight is 240 g/mol. The highest BCUT2D eigenvalue weighted by Crippen LogP contribution is 2.28. The van der Waals surface area contributed by atoms with Crippen molar-refractivity contribution in [1.82, 2.24) is 0 Å². The summed E-state index contributed by atoms with van der Waals surface area (Å²) < 4.78 is 5.21. The van der Waals surface area contributed by atoms with Crippen molar-refractivity contribution < 1.29 is 9.84 Å². The Hall–Kier alpha value is -2.22. The van der Waals surface area contributed by atoms with E-state index in [2.05, 4.69) is 6.58 Å². The topological polar surface area (TPSA) is 29.5 Å². The monoisotopic (exact) mass is 240 g/mol. The van der Waals surface area contributed by atoms with E-state index in [0.717, 1.165) is 22.4 Å². The second-order valence-corrected chi connectivity index (χ2v) is 4.07. The molecule has 0 bridgehead atoms. The summed E-state index contributed by atoms with van der Waals surface area (Å²) in [5.41, 5.74) is 3.01. The van der Waals surface area contributed by atoms with Gasteiger partial charge in [-0.05, 0) is 47.4 Å². The van der Waals surface area contributed by atoms with E-state index in [0.29, 0.717) is 12.2 Å². The normalized spacial score (nSPS) is 10.1. The first kappa shape index (κ1) is 12.2. The first-order valence-electron chi connectivity index (χ1n) is 5.82. The van der Waals surface area contributed by atoms with Crippen LogP contribution in [-0.4, -0.2) is 12.2 Å². The Morgan fingerprint density at radius 2 is 1.94 bits per heavy atom. The molecule has 2 rings (SSSR count). The Morgan fingerprint density at radius 3 is 2.67 bits per heavy atom. The van der Waals surface area contributed by atoms with E-state index >= 15 is 0 Å². The van der Waals surface area contributed by atoms with E-state index in [1.807, 2.05) is 36.4 Å². The smallest absolute Gasteiger partial charge is 0.119 e. The van der Waals surface area contributed by atoms with Gasteiger partial charge in [0.2, 0.25) is 0 Å². The maximum Gasteiger partial charge on any atom is 0.119 e. The Bertz CT molecular complexity index is 559. The number of hydrogen-bond donors (Lipinski definition) is 1. The highest BCUT2D eigenvalue weighted by Gasteiger charge is 2.04. The first-order chi connectivity index (χ1) is 8.74. The summed E-state index contributed by atoms with van der Waals surface area (Å²) in [5, 5.41) is 9.74. The number of hydrogen-bond acceptors (Lipinski definition) is 2. The lowest BCUT2D eigenvalue weighted by Gasteiger charge is -2.08.